The van der Waals surface area contributed by atoms with Crippen molar-refractivity contribution in [2.75, 3.05) is 5.32 Å². The molecule has 1 aliphatic carbocycles. The molecule has 37 heavy (non-hydrogen) atoms. The Morgan fingerprint density at radius 1 is 1.05 bits per heavy atom. The lowest BCUT2D eigenvalue weighted by atomic mass is 10.0. The lowest BCUT2D eigenvalue weighted by Crippen LogP contribution is -2.30. The van der Waals surface area contributed by atoms with Gasteiger partial charge in [0.25, 0.3) is 0 Å². The molecule has 0 saturated heterocycles. The minimum atomic E-state index is -0.364. The van der Waals surface area contributed by atoms with Crippen LogP contribution < -0.4 is 10.6 Å². The zero-order valence-electron chi connectivity index (χ0n) is 21.1. The first-order chi connectivity index (χ1) is 17.8. The molecule has 1 aromatic heterocycles. The van der Waals surface area contributed by atoms with Crippen molar-refractivity contribution in [1.82, 2.24) is 15.1 Å². The average molecular weight is 543 g/mol. The highest BCUT2D eigenvalue weighted by Crippen LogP contribution is 2.38. The summed E-state index contributed by atoms with van der Waals surface area (Å²) in [5.41, 5.74) is 3.13. The van der Waals surface area contributed by atoms with Crippen LogP contribution in [0.3, 0.4) is 0 Å². The molecule has 3 aromatic rings. The molecule has 1 heterocycles. The summed E-state index contributed by atoms with van der Waals surface area (Å²) >= 11 is 12.1. The van der Waals surface area contributed by atoms with Crippen molar-refractivity contribution in [1.29, 1.82) is 0 Å². The Morgan fingerprint density at radius 2 is 1.78 bits per heavy atom. The Balaban J connectivity index is 1.61. The van der Waals surface area contributed by atoms with E-state index in [1.54, 1.807) is 30.3 Å². The van der Waals surface area contributed by atoms with Gasteiger partial charge >= 0.3 is 6.03 Å². The molecule has 0 aliphatic heterocycles. The molecule has 2 aromatic carbocycles. The Kier molecular flexibility index (Phi) is 8.77. The number of benzene rings is 2. The number of aromatic nitrogens is 2. The normalized spacial score (nSPS) is 13.8. The smallest absolute Gasteiger partial charge is 0.342 e. The third-order valence-corrected chi connectivity index (χ3v) is 7.77. The van der Waals surface area contributed by atoms with E-state index in [-0.39, 0.29) is 36.1 Å². The van der Waals surface area contributed by atoms with Crippen molar-refractivity contribution in [3.05, 3.63) is 63.8 Å². The summed E-state index contributed by atoms with van der Waals surface area (Å²) in [6, 6.07) is 11.6. The SMILES string of the molecule is CCC(CC)C(=O)Nc1ccc(O)c(-c2cc(C3CCCC3)n(C(=O)NCc3ccc(Cl)c(Cl)c3)n2)c1. The molecule has 0 unspecified atom stereocenters. The number of anilines is 1. The molecule has 0 bridgehead atoms. The molecule has 1 saturated carbocycles. The number of carbonyl (C=O) groups is 2. The second-order valence-electron chi connectivity index (χ2n) is 9.49. The van der Waals surface area contributed by atoms with Gasteiger partial charge in [-0.1, -0.05) is 56.0 Å². The number of amides is 2. The minimum absolute atomic E-state index is 0.0272. The summed E-state index contributed by atoms with van der Waals surface area (Å²) in [5.74, 6) is 0.0985. The molecule has 0 radical (unpaired) electrons. The largest absolute Gasteiger partial charge is 0.507 e. The zero-order chi connectivity index (χ0) is 26.5. The highest BCUT2D eigenvalue weighted by molar-refractivity contribution is 6.42. The Bertz CT molecular complexity index is 1280. The summed E-state index contributed by atoms with van der Waals surface area (Å²) in [5, 5.41) is 22.0. The number of hydrogen-bond donors (Lipinski definition) is 3. The lowest BCUT2D eigenvalue weighted by Gasteiger charge is -2.13. The highest BCUT2D eigenvalue weighted by atomic mass is 35.5. The summed E-state index contributed by atoms with van der Waals surface area (Å²) in [6.07, 6.45) is 5.64. The van der Waals surface area contributed by atoms with Crippen LogP contribution in [0.2, 0.25) is 10.0 Å². The van der Waals surface area contributed by atoms with Gasteiger partial charge in [-0.3, -0.25) is 4.79 Å². The van der Waals surface area contributed by atoms with E-state index < -0.39 is 0 Å². The fourth-order valence-corrected chi connectivity index (χ4v) is 5.15. The fraction of sp³-hybridized carbons (Fsp3) is 0.393. The van der Waals surface area contributed by atoms with Crippen LogP contribution in [0.25, 0.3) is 11.3 Å². The first-order valence-electron chi connectivity index (χ1n) is 12.8. The first kappa shape index (κ1) is 27.0. The quantitative estimate of drug-likeness (QED) is 0.259. The molecule has 3 N–H and O–H groups in total. The van der Waals surface area contributed by atoms with E-state index in [0.29, 0.717) is 27.0 Å². The van der Waals surface area contributed by atoms with E-state index in [2.05, 4.69) is 15.7 Å². The van der Waals surface area contributed by atoms with Crippen molar-refractivity contribution in [2.24, 2.45) is 5.92 Å². The van der Waals surface area contributed by atoms with Gasteiger partial charge in [-0.05, 0) is 67.6 Å². The van der Waals surface area contributed by atoms with Crippen LogP contribution in [0.4, 0.5) is 10.5 Å². The van der Waals surface area contributed by atoms with Gasteiger partial charge in [-0.15, -0.1) is 0 Å². The Labute approximate surface area is 227 Å². The number of phenolic OH excluding ortho intramolecular Hbond substituents is 1. The van der Waals surface area contributed by atoms with E-state index in [1.165, 1.54) is 10.7 Å². The summed E-state index contributed by atoms with van der Waals surface area (Å²) in [6.45, 7) is 4.23. The monoisotopic (exact) mass is 542 g/mol. The Hall–Kier alpha value is -3.03. The molecule has 2 amide bonds. The van der Waals surface area contributed by atoms with E-state index in [4.69, 9.17) is 23.2 Å². The number of carbonyl (C=O) groups excluding carboxylic acids is 2. The van der Waals surface area contributed by atoms with Crippen molar-refractivity contribution in [3.8, 4) is 17.0 Å². The van der Waals surface area contributed by atoms with Gasteiger partial charge in [0.1, 0.15) is 5.75 Å². The maximum atomic E-state index is 13.2. The average Bonchev–Trinajstić information content (AvgIpc) is 3.57. The van der Waals surface area contributed by atoms with Crippen molar-refractivity contribution < 1.29 is 14.7 Å². The molecular weight excluding hydrogens is 511 g/mol. The molecule has 0 atom stereocenters. The van der Waals surface area contributed by atoms with E-state index in [1.807, 2.05) is 19.9 Å². The summed E-state index contributed by atoms with van der Waals surface area (Å²) < 4.78 is 1.40. The lowest BCUT2D eigenvalue weighted by molar-refractivity contribution is -0.120. The zero-order valence-corrected chi connectivity index (χ0v) is 22.6. The number of phenols is 1. The third-order valence-electron chi connectivity index (χ3n) is 7.03. The number of aromatic hydroxyl groups is 1. The fourth-order valence-electron chi connectivity index (χ4n) is 4.83. The van der Waals surface area contributed by atoms with Crippen molar-refractivity contribution in [2.45, 2.75) is 64.8 Å². The van der Waals surface area contributed by atoms with Gasteiger partial charge in [-0.2, -0.15) is 9.78 Å². The predicted molar refractivity (Wildman–Crippen MR) is 147 cm³/mol. The van der Waals surface area contributed by atoms with Gasteiger partial charge in [0.15, 0.2) is 0 Å². The van der Waals surface area contributed by atoms with Gasteiger partial charge in [-0.25, -0.2) is 4.79 Å². The van der Waals surface area contributed by atoms with E-state index >= 15 is 0 Å². The van der Waals surface area contributed by atoms with Gasteiger partial charge < -0.3 is 15.7 Å². The second-order valence-corrected chi connectivity index (χ2v) is 10.3. The number of rotatable bonds is 8. The molecule has 7 nitrogen and oxygen atoms in total. The van der Waals surface area contributed by atoms with Gasteiger partial charge in [0.05, 0.1) is 21.4 Å². The van der Waals surface area contributed by atoms with E-state index in [0.717, 1.165) is 49.8 Å². The van der Waals surface area contributed by atoms with Gasteiger partial charge in [0, 0.05) is 29.6 Å². The van der Waals surface area contributed by atoms with Crippen LogP contribution in [-0.4, -0.2) is 26.8 Å². The van der Waals surface area contributed by atoms with Crippen LogP contribution in [0.1, 0.15) is 69.5 Å². The molecule has 0 spiro atoms. The standard InChI is InChI=1S/C28H32Cl2N4O3/c1-3-18(4-2)27(36)32-20-10-12-26(35)21(14-20)24-15-25(19-7-5-6-8-19)34(33-24)28(37)31-16-17-9-11-22(29)23(30)13-17/h9-15,18-19,35H,3-8,16H2,1-2H3,(H,31,37)(H,32,36). The highest BCUT2D eigenvalue weighted by Gasteiger charge is 2.26. The maximum absolute atomic E-state index is 13.2. The van der Waals surface area contributed by atoms with Gasteiger partial charge in [0.2, 0.25) is 5.91 Å². The molecule has 196 valence electrons. The maximum Gasteiger partial charge on any atom is 0.342 e. The van der Waals surface area contributed by atoms with E-state index in [9.17, 15) is 14.7 Å². The molecule has 1 fully saturated rings. The van der Waals surface area contributed by atoms with Crippen molar-refractivity contribution in [3.63, 3.8) is 0 Å². The summed E-state index contributed by atoms with van der Waals surface area (Å²) in [7, 11) is 0. The molecule has 1 aliphatic rings. The molecule has 9 heteroatoms. The molecular formula is C28H32Cl2N4O3. The van der Waals surface area contributed by atoms with Crippen LogP contribution in [0.15, 0.2) is 42.5 Å². The first-order valence-corrected chi connectivity index (χ1v) is 13.5. The second kappa shape index (κ2) is 12.0. The minimum Gasteiger partial charge on any atom is -0.507 e. The number of nitrogens with zero attached hydrogens (tertiary/aromatic N) is 2. The van der Waals surface area contributed by atoms with Crippen LogP contribution in [0, 0.1) is 5.92 Å². The number of nitrogens with one attached hydrogen (secondary N) is 2. The number of halogens is 2. The predicted octanol–water partition coefficient (Wildman–Crippen LogP) is 7.35. The van der Waals surface area contributed by atoms with Crippen LogP contribution in [-0.2, 0) is 11.3 Å². The third kappa shape index (κ3) is 6.28. The van der Waals surface area contributed by atoms with Crippen molar-refractivity contribution >= 4 is 40.8 Å². The van der Waals surface area contributed by atoms with Crippen LogP contribution >= 0.6 is 23.2 Å². The topological polar surface area (TPSA) is 96.2 Å². The summed E-state index contributed by atoms with van der Waals surface area (Å²) in [4.78, 5) is 25.8. The molecule has 4 rings (SSSR count). The van der Waals surface area contributed by atoms with Crippen LogP contribution in [0.5, 0.6) is 5.75 Å². The number of hydrogen-bond acceptors (Lipinski definition) is 4. The Morgan fingerprint density at radius 3 is 2.46 bits per heavy atom.